The Balaban J connectivity index is 1.66. The van der Waals surface area contributed by atoms with Crippen LogP contribution in [-0.4, -0.2) is 83.9 Å². The molecule has 3 heterocycles. The molecule has 5 rings (SSSR count). The number of phenolic OH excluding ortho intramolecular Hbond substituents is 2. The molecule has 35 heavy (non-hydrogen) atoms. The van der Waals surface area contributed by atoms with E-state index in [-0.39, 0.29) is 28.8 Å². The summed E-state index contributed by atoms with van der Waals surface area (Å²) in [6.07, 6.45) is -3.51. The lowest BCUT2D eigenvalue weighted by Gasteiger charge is -2.39. The highest BCUT2D eigenvalue weighted by Gasteiger charge is 2.49. The van der Waals surface area contributed by atoms with Gasteiger partial charge < -0.3 is 50.0 Å². The van der Waals surface area contributed by atoms with Crippen LogP contribution in [0.2, 0.25) is 0 Å². The maximum absolute atomic E-state index is 10.6. The van der Waals surface area contributed by atoms with Gasteiger partial charge in [-0.1, -0.05) is 0 Å². The van der Waals surface area contributed by atoms with Crippen LogP contribution in [0.5, 0.6) is 11.5 Å². The van der Waals surface area contributed by atoms with Gasteiger partial charge in [0.15, 0.2) is 17.6 Å². The highest BCUT2D eigenvalue weighted by molar-refractivity contribution is 5.75. The molecule has 3 aliphatic heterocycles. The van der Waals surface area contributed by atoms with Crippen LogP contribution in [0.1, 0.15) is 12.5 Å². The quantitative estimate of drug-likeness (QED) is 0.226. The molecule has 0 radical (unpaired) electrons. The Bertz CT molecular complexity index is 1210. The molecule has 0 aromatic heterocycles. The molecular formula is C24H25O11+. The van der Waals surface area contributed by atoms with Gasteiger partial charge in [0.2, 0.25) is 5.76 Å². The number of phenols is 2. The second kappa shape index (κ2) is 8.63. The molecule has 0 amide bonds. The zero-order chi connectivity index (χ0) is 25.0. The van der Waals surface area contributed by atoms with Crippen LogP contribution in [0.3, 0.4) is 0 Å². The van der Waals surface area contributed by atoms with Crippen molar-refractivity contribution in [3.63, 3.8) is 0 Å². The van der Waals surface area contributed by atoms with Crippen molar-refractivity contribution in [3.05, 3.63) is 76.2 Å². The third kappa shape index (κ3) is 3.93. The molecular weight excluding hydrogens is 464 g/mol. The first kappa shape index (κ1) is 23.3. The van der Waals surface area contributed by atoms with Crippen LogP contribution in [0.15, 0.2) is 70.6 Å². The summed E-state index contributed by atoms with van der Waals surface area (Å²) in [4.78, 5) is 0. The van der Waals surface area contributed by atoms with Crippen LogP contribution in [0.4, 0.5) is 0 Å². The van der Waals surface area contributed by atoms with E-state index in [0.717, 1.165) is 0 Å². The van der Waals surface area contributed by atoms with E-state index in [4.69, 9.17) is 14.2 Å². The Morgan fingerprint density at radius 2 is 1.74 bits per heavy atom. The molecule has 1 aromatic rings. The number of benzene rings is 1. The van der Waals surface area contributed by atoms with Crippen molar-refractivity contribution in [2.45, 2.75) is 43.7 Å². The predicted octanol–water partition coefficient (Wildman–Crippen LogP) is 0.0631. The third-order valence-corrected chi connectivity index (χ3v) is 6.14. The zero-order valence-electron chi connectivity index (χ0n) is 18.4. The van der Waals surface area contributed by atoms with E-state index >= 15 is 0 Å². The summed E-state index contributed by atoms with van der Waals surface area (Å²) in [6.45, 7) is 1.09. The SMILES string of the molecule is CC1=CC2=C3C(=CC(O)=CC3O1)OC(c1ccc(O)c(O)c1)=C2[OH+]C1OC(CO)C(O)C(O)C1O. The molecule has 0 spiro atoms. The van der Waals surface area contributed by atoms with Gasteiger partial charge in [-0.2, -0.15) is 0 Å². The van der Waals surface area contributed by atoms with Crippen LogP contribution >= 0.6 is 0 Å². The Morgan fingerprint density at radius 1 is 0.971 bits per heavy atom. The molecule has 1 aliphatic carbocycles. The van der Waals surface area contributed by atoms with Gasteiger partial charge >= 0.3 is 12.0 Å². The molecule has 6 atom stereocenters. The van der Waals surface area contributed by atoms with Gasteiger partial charge in [-0.3, -0.25) is 4.74 Å². The third-order valence-electron chi connectivity index (χ3n) is 6.14. The summed E-state index contributed by atoms with van der Waals surface area (Å²) in [5, 5.41) is 70.5. The van der Waals surface area contributed by atoms with Crippen LogP contribution in [-0.2, 0) is 14.2 Å². The Labute approximate surface area is 199 Å². The monoisotopic (exact) mass is 489 g/mol. The molecule has 6 unspecified atom stereocenters. The highest BCUT2D eigenvalue weighted by Crippen LogP contribution is 2.46. The van der Waals surface area contributed by atoms with Crippen LogP contribution < -0.4 is 0 Å². The average molecular weight is 489 g/mol. The zero-order valence-corrected chi connectivity index (χ0v) is 18.4. The van der Waals surface area contributed by atoms with Crippen molar-refractivity contribution >= 4 is 5.76 Å². The molecule has 11 nitrogen and oxygen atoms in total. The van der Waals surface area contributed by atoms with Gasteiger partial charge in [0.1, 0.15) is 35.9 Å². The van der Waals surface area contributed by atoms with Crippen molar-refractivity contribution in [3.8, 4) is 11.5 Å². The molecule has 1 aromatic carbocycles. The van der Waals surface area contributed by atoms with Gasteiger partial charge in [0, 0.05) is 17.7 Å². The number of hydrogen-bond acceptors (Lipinski definition) is 10. The number of aromatic hydroxyl groups is 2. The predicted molar refractivity (Wildman–Crippen MR) is 118 cm³/mol. The molecule has 186 valence electrons. The van der Waals surface area contributed by atoms with Crippen molar-refractivity contribution in [1.82, 2.24) is 0 Å². The van der Waals surface area contributed by atoms with Crippen LogP contribution in [0.25, 0.3) is 5.76 Å². The normalized spacial score (nSPS) is 32.1. The average Bonchev–Trinajstić information content (AvgIpc) is 2.81. The van der Waals surface area contributed by atoms with E-state index < -0.39 is 49.2 Å². The van der Waals surface area contributed by atoms with Crippen molar-refractivity contribution < 1.29 is 54.7 Å². The fourth-order valence-electron chi connectivity index (χ4n) is 4.40. The number of rotatable bonds is 4. The molecule has 4 aliphatic rings. The molecule has 8 N–H and O–H groups in total. The minimum Gasteiger partial charge on any atom is -0.555 e. The van der Waals surface area contributed by atoms with Gasteiger partial charge in [-0.25, -0.2) is 0 Å². The molecule has 0 bridgehead atoms. The lowest BCUT2D eigenvalue weighted by Crippen LogP contribution is -2.60. The Morgan fingerprint density at radius 3 is 2.46 bits per heavy atom. The fraction of sp³-hybridized carbons (Fsp3) is 0.333. The fourth-order valence-corrected chi connectivity index (χ4v) is 4.40. The van der Waals surface area contributed by atoms with E-state index in [1.807, 2.05) is 0 Å². The number of ether oxygens (including phenoxy) is 4. The largest absolute Gasteiger partial charge is 0.555 e. The first-order valence-electron chi connectivity index (χ1n) is 10.9. The van der Waals surface area contributed by atoms with Crippen molar-refractivity contribution in [1.29, 1.82) is 0 Å². The Kier molecular flexibility index (Phi) is 5.74. The van der Waals surface area contributed by atoms with Crippen molar-refractivity contribution in [2.24, 2.45) is 0 Å². The maximum Gasteiger partial charge on any atom is 0.326 e. The van der Waals surface area contributed by atoms with E-state index in [1.165, 1.54) is 30.4 Å². The number of aliphatic hydroxyl groups excluding tert-OH is 5. The summed E-state index contributed by atoms with van der Waals surface area (Å²) in [7, 11) is 0. The maximum atomic E-state index is 10.6. The van der Waals surface area contributed by atoms with Gasteiger partial charge in [0.25, 0.3) is 0 Å². The van der Waals surface area contributed by atoms with E-state index in [1.54, 1.807) is 13.0 Å². The van der Waals surface area contributed by atoms with Crippen molar-refractivity contribution in [2.75, 3.05) is 6.61 Å². The number of hydrogen-bond donors (Lipinski definition) is 7. The number of aliphatic hydroxyl groups is 7. The van der Waals surface area contributed by atoms with E-state index in [2.05, 4.69) is 4.74 Å². The standard InChI is InChI=1S/C24H24O11/c1-9-4-12-18-15(32-9)6-11(26)7-16(18)33-22(10-2-3-13(27)14(28)5-10)23(12)35-24-21(31)20(30)19(29)17(8-25)34-24/h2-7,15,17,19-21,24-31H,8H2,1H3/p+1. The minimum absolute atomic E-state index is 0.0787. The first-order valence-corrected chi connectivity index (χ1v) is 10.9. The first-order chi connectivity index (χ1) is 16.7. The minimum atomic E-state index is -1.64. The topological polar surface area (TPSA) is 182 Å². The lowest BCUT2D eigenvalue weighted by molar-refractivity contribution is -0.331. The lowest BCUT2D eigenvalue weighted by atomic mass is 9.89. The van der Waals surface area contributed by atoms with E-state index in [0.29, 0.717) is 22.5 Å². The summed E-state index contributed by atoms with van der Waals surface area (Å²) in [5.41, 5.74) is 1.36. The highest BCUT2D eigenvalue weighted by atomic mass is 16.7. The van der Waals surface area contributed by atoms with Gasteiger partial charge in [-0.15, -0.1) is 0 Å². The smallest absolute Gasteiger partial charge is 0.326 e. The number of allylic oxidation sites excluding steroid dienone is 3. The summed E-state index contributed by atoms with van der Waals surface area (Å²) >= 11 is 0. The molecule has 1 saturated heterocycles. The molecule has 11 heteroatoms. The Hall–Kier alpha value is -3.48. The molecule has 1 fully saturated rings. The van der Waals surface area contributed by atoms with Crippen LogP contribution in [0, 0.1) is 0 Å². The summed E-state index contributed by atoms with van der Waals surface area (Å²) in [5.74, 6) is 0.180. The second-order valence-electron chi connectivity index (χ2n) is 8.55. The second-order valence-corrected chi connectivity index (χ2v) is 8.55. The van der Waals surface area contributed by atoms with Gasteiger partial charge in [-0.05, 0) is 31.2 Å². The van der Waals surface area contributed by atoms with Gasteiger partial charge in [0.05, 0.1) is 23.5 Å². The van der Waals surface area contributed by atoms with E-state index in [9.17, 15) is 35.7 Å². The summed E-state index contributed by atoms with van der Waals surface area (Å²) < 4.78 is 22.0. The summed E-state index contributed by atoms with van der Waals surface area (Å²) in [6, 6.07) is 3.99. The molecule has 0 saturated carbocycles.